The smallest absolute Gasteiger partial charge is 0.155 e. The van der Waals surface area contributed by atoms with Gasteiger partial charge in [-0.3, -0.25) is 4.79 Å². The normalized spacial score (nSPS) is 14.6. The third kappa shape index (κ3) is 5.01. The number of rotatable bonds is 0. The Bertz CT molecular complexity index is 123. The first-order chi connectivity index (χ1) is 4.31. The summed E-state index contributed by atoms with van der Waals surface area (Å²) in [4.78, 5) is 10.2. The summed E-state index contributed by atoms with van der Waals surface area (Å²) in [6.07, 6.45) is 6.99. The van der Waals surface area contributed by atoms with Crippen LogP contribution in [-0.4, -0.2) is 5.78 Å². The molecular weight excluding hydrogens is 112 g/mol. The Kier molecular flexibility index (Phi) is 4.79. The topological polar surface area (TPSA) is 17.1 Å². The van der Waals surface area contributed by atoms with Crippen molar-refractivity contribution in [3.8, 4) is 0 Å². The molecule has 0 spiro atoms. The van der Waals surface area contributed by atoms with Gasteiger partial charge in [-0.1, -0.05) is 12.2 Å². The fourth-order valence-corrected chi connectivity index (χ4v) is 0.524. The van der Waals surface area contributed by atoms with Crippen molar-refractivity contribution in [2.75, 3.05) is 0 Å². The Morgan fingerprint density at radius 1 is 1.78 bits per heavy atom. The van der Waals surface area contributed by atoms with E-state index in [4.69, 9.17) is 0 Å². The highest BCUT2D eigenvalue weighted by atomic mass is 16.1. The molecule has 0 saturated carbocycles. The molecule has 0 heterocycles. The maximum absolute atomic E-state index is 10.2. The van der Waals surface area contributed by atoms with Crippen molar-refractivity contribution >= 4 is 5.78 Å². The second kappa shape index (κ2) is 5.29. The average molecular weight is 124 g/mol. The number of allylic oxidation sites excluding steroid dienone is 3. The van der Waals surface area contributed by atoms with E-state index in [0.29, 0.717) is 0 Å². The lowest BCUT2D eigenvalue weighted by molar-refractivity contribution is -0.114. The van der Waals surface area contributed by atoms with E-state index in [1.165, 1.54) is 0 Å². The molecule has 0 unspecified atom stereocenters. The zero-order valence-electron chi connectivity index (χ0n) is 5.76. The molecule has 0 aromatic rings. The Hall–Kier alpha value is -0.850. The van der Waals surface area contributed by atoms with Crippen LogP contribution in [0.3, 0.4) is 0 Å². The zero-order valence-corrected chi connectivity index (χ0v) is 5.76. The predicted octanol–water partition coefficient (Wildman–Crippen LogP) is 2.10. The molecule has 0 aromatic carbocycles. The lowest BCUT2D eigenvalue weighted by Gasteiger charge is -1.71. The SMILES string of the molecule is C=CC.O=C1C=CCC1. The average Bonchev–Trinajstić information content (AvgIpc) is 2.20. The molecule has 9 heavy (non-hydrogen) atoms. The molecule has 1 heteroatoms. The Balaban J connectivity index is 0.000000187. The fraction of sp³-hybridized carbons (Fsp3) is 0.375. The van der Waals surface area contributed by atoms with Crippen molar-refractivity contribution in [1.82, 2.24) is 0 Å². The van der Waals surface area contributed by atoms with Gasteiger partial charge in [0.05, 0.1) is 0 Å². The van der Waals surface area contributed by atoms with Gasteiger partial charge in [0, 0.05) is 6.42 Å². The molecule has 0 aromatic heterocycles. The van der Waals surface area contributed by atoms with Crippen molar-refractivity contribution in [3.63, 3.8) is 0 Å². The Morgan fingerprint density at radius 2 is 2.33 bits per heavy atom. The monoisotopic (exact) mass is 124 g/mol. The van der Waals surface area contributed by atoms with Gasteiger partial charge in [0.25, 0.3) is 0 Å². The molecule has 1 aliphatic rings. The van der Waals surface area contributed by atoms with Gasteiger partial charge in [-0.2, -0.15) is 0 Å². The van der Waals surface area contributed by atoms with Gasteiger partial charge in [-0.15, -0.1) is 6.58 Å². The molecule has 0 bridgehead atoms. The van der Waals surface area contributed by atoms with Crippen LogP contribution in [0.25, 0.3) is 0 Å². The van der Waals surface area contributed by atoms with Gasteiger partial charge in [0.1, 0.15) is 0 Å². The maximum Gasteiger partial charge on any atom is 0.155 e. The zero-order chi connectivity index (χ0) is 7.11. The van der Waals surface area contributed by atoms with Crippen LogP contribution in [0.5, 0.6) is 0 Å². The molecule has 0 saturated heterocycles. The van der Waals surface area contributed by atoms with Crippen molar-refractivity contribution in [1.29, 1.82) is 0 Å². The van der Waals surface area contributed by atoms with Gasteiger partial charge in [0.2, 0.25) is 0 Å². The van der Waals surface area contributed by atoms with Gasteiger partial charge in [-0.25, -0.2) is 0 Å². The van der Waals surface area contributed by atoms with Crippen LogP contribution in [0, 0.1) is 0 Å². The summed E-state index contributed by atoms with van der Waals surface area (Å²) in [7, 11) is 0. The minimum Gasteiger partial charge on any atom is -0.295 e. The highest BCUT2D eigenvalue weighted by Crippen LogP contribution is 2.01. The first-order valence-corrected chi connectivity index (χ1v) is 3.07. The number of ketones is 1. The molecule has 0 atom stereocenters. The van der Waals surface area contributed by atoms with Crippen LogP contribution < -0.4 is 0 Å². The lowest BCUT2D eigenvalue weighted by atomic mass is 10.3. The van der Waals surface area contributed by atoms with E-state index >= 15 is 0 Å². The second-order valence-corrected chi connectivity index (χ2v) is 1.82. The number of hydrogen-bond acceptors (Lipinski definition) is 1. The summed E-state index contributed by atoms with van der Waals surface area (Å²) in [6, 6.07) is 0. The highest BCUT2D eigenvalue weighted by molar-refractivity contribution is 5.91. The minimum atomic E-state index is 0.273. The molecule has 0 aliphatic heterocycles. The molecule has 1 aliphatic carbocycles. The maximum atomic E-state index is 10.2. The molecular formula is C8H12O. The summed E-state index contributed by atoms with van der Waals surface area (Å²) in [5.41, 5.74) is 0. The predicted molar refractivity (Wildman–Crippen MR) is 39.3 cm³/mol. The van der Waals surface area contributed by atoms with Crippen LogP contribution >= 0.6 is 0 Å². The Labute approximate surface area is 56.1 Å². The number of carbonyl (C=O) groups excluding carboxylic acids is 1. The summed E-state index contributed by atoms with van der Waals surface area (Å²) in [6.45, 7) is 5.25. The van der Waals surface area contributed by atoms with Crippen LogP contribution in [0.2, 0.25) is 0 Å². The number of hydrogen-bond donors (Lipinski definition) is 0. The highest BCUT2D eigenvalue weighted by Gasteiger charge is 1.98. The fourth-order valence-electron chi connectivity index (χ4n) is 0.524. The van der Waals surface area contributed by atoms with Crippen LogP contribution in [-0.2, 0) is 4.79 Å². The molecule has 0 amide bonds. The van der Waals surface area contributed by atoms with E-state index in [2.05, 4.69) is 6.58 Å². The van der Waals surface area contributed by atoms with Crippen molar-refractivity contribution in [3.05, 3.63) is 24.8 Å². The standard InChI is InChI=1S/C5H6O.C3H6/c6-5-3-1-2-4-5;1-3-2/h1,3H,2,4H2;3H,1H2,2H3. The second-order valence-electron chi connectivity index (χ2n) is 1.82. The molecule has 50 valence electrons. The first kappa shape index (κ1) is 8.15. The minimum absolute atomic E-state index is 0.273. The third-order valence-electron chi connectivity index (χ3n) is 0.861. The van der Waals surface area contributed by atoms with Crippen molar-refractivity contribution in [2.45, 2.75) is 19.8 Å². The van der Waals surface area contributed by atoms with E-state index in [1.54, 1.807) is 12.2 Å². The molecule has 0 fully saturated rings. The van der Waals surface area contributed by atoms with E-state index < -0.39 is 0 Å². The summed E-state index contributed by atoms with van der Waals surface area (Å²) in [5, 5.41) is 0. The van der Waals surface area contributed by atoms with Crippen molar-refractivity contribution < 1.29 is 4.79 Å². The van der Waals surface area contributed by atoms with Gasteiger partial charge in [-0.05, 0) is 19.4 Å². The van der Waals surface area contributed by atoms with Crippen LogP contribution in [0.4, 0.5) is 0 Å². The van der Waals surface area contributed by atoms with Crippen LogP contribution in [0.1, 0.15) is 19.8 Å². The molecule has 1 nitrogen and oxygen atoms in total. The van der Waals surface area contributed by atoms with Gasteiger partial charge >= 0.3 is 0 Å². The molecule has 1 rings (SSSR count). The van der Waals surface area contributed by atoms with E-state index in [9.17, 15) is 4.79 Å². The lowest BCUT2D eigenvalue weighted by Crippen LogP contribution is -1.80. The van der Waals surface area contributed by atoms with Crippen LogP contribution in [0.15, 0.2) is 24.8 Å². The molecule has 0 radical (unpaired) electrons. The molecule has 0 N–H and O–H groups in total. The quantitative estimate of drug-likeness (QED) is 0.452. The Morgan fingerprint density at radius 3 is 2.44 bits per heavy atom. The summed E-state index contributed by atoms with van der Waals surface area (Å²) < 4.78 is 0. The van der Waals surface area contributed by atoms with E-state index in [0.717, 1.165) is 12.8 Å². The van der Waals surface area contributed by atoms with E-state index in [1.807, 2.05) is 13.0 Å². The summed E-state index contributed by atoms with van der Waals surface area (Å²) >= 11 is 0. The first-order valence-electron chi connectivity index (χ1n) is 3.07. The summed E-state index contributed by atoms with van der Waals surface area (Å²) in [5.74, 6) is 0.273. The third-order valence-corrected chi connectivity index (χ3v) is 0.861. The van der Waals surface area contributed by atoms with Crippen molar-refractivity contribution in [2.24, 2.45) is 0 Å². The van der Waals surface area contributed by atoms with E-state index in [-0.39, 0.29) is 5.78 Å². The van der Waals surface area contributed by atoms with Gasteiger partial charge < -0.3 is 0 Å². The largest absolute Gasteiger partial charge is 0.295 e. The number of carbonyl (C=O) groups is 1. The van der Waals surface area contributed by atoms with Gasteiger partial charge in [0.15, 0.2) is 5.78 Å².